The van der Waals surface area contributed by atoms with Gasteiger partial charge in [-0.2, -0.15) is 10.2 Å². The molecule has 0 unspecified atom stereocenters. The highest BCUT2D eigenvalue weighted by Gasteiger charge is 2.15. The van der Waals surface area contributed by atoms with Gasteiger partial charge in [0.15, 0.2) is 0 Å². The molecule has 170 valence electrons. The molecule has 0 spiro atoms. The Morgan fingerprint density at radius 3 is 1.56 bits per heavy atom. The average Bonchev–Trinajstić information content (AvgIpc) is 3.50. The first kappa shape index (κ1) is 22.4. The molecule has 0 saturated carbocycles. The Kier molecular flexibility index (Phi) is 7.82. The van der Waals surface area contributed by atoms with Gasteiger partial charge in [0.2, 0.25) is 0 Å². The van der Waals surface area contributed by atoms with Gasteiger partial charge in [0.05, 0.1) is 48.9 Å². The summed E-state index contributed by atoms with van der Waals surface area (Å²) in [4.78, 5) is 30.0. The number of anilines is 2. The molecule has 2 fully saturated rings. The van der Waals surface area contributed by atoms with Crippen LogP contribution in [0.1, 0.15) is 9.75 Å². The molecule has 0 radical (unpaired) electrons. The molecule has 2 aliphatic heterocycles. The Labute approximate surface area is 193 Å². The van der Waals surface area contributed by atoms with Crippen molar-refractivity contribution in [3.8, 4) is 0 Å². The van der Waals surface area contributed by atoms with Gasteiger partial charge in [0, 0.05) is 35.9 Å². The molecule has 0 aromatic carbocycles. The lowest BCUT2D eigenvalue weighted by Crippen LogP contribution is -2.35. The minimum absolute atomic E-state index is 0.719. The fourth-order valence-corrected chi connectivity index (χ4v) is 5.00. The SMILES string of the molecule is O=C(N/N=C\c1ccc(N2CCOCC2)s1)C(=O)N/N=C\c1ccc(N2CCOCC2)s1. The number of thiophene rings is 2. The highest BCUT2D eigenvalue weighted by Crippen LogP contribution is 2.26. The molecule has 2 N–H and O–H groups in total. The quantitative estimate of drug-likeness (QED) is 0.367. The molecular weight excluding hydrogens is 452 g/mol. The highest BCUT2D eigenvalue weighted by molar-refractivity contribution is 7.18. The van der Waals surface area contributed by atoms with Crippen LogP contribution in [0, 0.1) is 0 Å². The lowest BCUT2D eigenvalue weighted by Gasteiger charge is -2.27. The molecule has 12 heteroatoms. The van der Waals surface area contributed by atoms with Gasteiger partial charge in [-0.1, -0.05) is 0 Å². The van der Waals surface area contributed by atoms with E-state index in [0.717, 1.165) is 72.4 Å². The predicted molar refractivity (Wildman–Crippen MR) is 126 cm³/mol. The molecule has 4 heterocycles. The van der Waals surface area contributed by atoms with Crippen LogP contribution in [0.3, 0.4) is 0 Å². The van der Waals surface area contributed by atoms with Crippen molar-refractivity contribution in [3.63, 3.8) is 0 Å². The van der Waals surface area contributed by atoms with E-state index in [0.29, 0.717) is 0 Å². The summed E-state index contributed by atoms with van der Waals surface area (Å²) in [6, 6.07) is 7.86. The largest absolute Gasteiger partial charge is 0.378 e. The molecule has 2 amide bonds. The number of ether oxygens (including phenoxy) is 2. The van der Waals surface area contributed by atoms with Gasteiger partial charge >= 0.3 is 11.8 Å². The highest BCUT2D eigenvalue weighted by atomic mass is 32.1. The van der Waals surface area contributed by atoms with Crippen molar-refractivity contribution in [3.05, 3.63) is 34.0 Å². The topological polar surface area (TPSA) is 108 Å². The van der Waals surface area contributed by atoms with E-state index in [4.69, 9.17) is 9.47 Å². The Bertz CT molecular complexity index is 898. The third-order valence-electron chi connectivity index (χ3n) is 4.79. The summed E-state index contributed by atoms with van der Waals surface area (Å²) in [6.07, 6.45) is 3.03. The maximum Gasteiger partial charge on any atom is 0.331 e. The number of nitrogens with zero attached hydrogens (tertiary/aromatic N) is 4. The van der Waals surface area contributed by atoms with Crippen molar-refractivity contribution >= 4 is 56.9 Å². The van der Waals surface area contributed by atoms with Gasteiger partial charge in [-0.25, -0.2) is 10.9 Å². The summed E-state index contributed by atoms with van der Waals surface area (Å²) in [5.41, 5.74) is 4.43. The third kappa shape index (κ3) is 6.13. The molecule has 2 aliphatic rings. The van der Waals surface area contributed by atoms with Crippen LogP contribution in [0.5, 0.6) is 0 Å². The van der Waals surface area contributed by atoms with Gasteiger partial charge in [0.1, 0.15) is 0 Å². The summed E-state index contributed by atoms with van der Waals surface area (Å²) in [7, 11) is 0. The van der Waals surface area contributed by atoms with Crippen molar-refractivity contribution in [2.24, 2.45) is 10.2 Å². The first-order valence-corrected chi connectivity index (χ1v) is 11.8. The first-order valence-electron chi connectivity index (χ1n) is 10.2. The number of carbonyl (C=O) groups is 2. The van der Waals surface area contributed by atoms with Crippen LogP contribution in [-0.4, -0.2) is 76.9 Å². The second-order valence-corrected chi connectivity index (χ2v) is 9.14. The van der Waals surface area contributed by atoms with Crippen LogP contribution in [0.15, 0.2) is 34.5 Å². The monoisotopic (exact) mass is 476 g/mol. The van der Waals surface area contributed by atoms with E-state index in [9.17, 15) is 9.59 Å². The number of rotatable bonds is 6. The minimum atomic E-state index is -0.886. The van der Waals surface area contributed by atoms with Crippen molar-refractivity contribution in [2.45, 2.75) is 0 Å². The van der Waals surface area contributed by atoms with Crippen LogP contribution < -0.4 is 20.7 Å². The standard InChI is InChI=1S/C20H24N6O4S2/c27-19(23-21-13-15-1-3-17(31-15)25-5-9-29-10-6-25)20(28)24-22-14-16-2-4-18(32-16)26-7-11-30-12-8-26/h1-4,13-14H,5-12H2,(H,23,27)(H,24,28)/b21-13-,22-14-. The fraction of sp³-hybridized carbons (Fsp3) is 0.400. The smallest absolute Gasteiger partial charge is 0.331 e. The molecule has 32 heavy (non-hydrogen) atoms. The van der Waals surface area contributed by atoms with Gasteiger partial charge in [-0.15, -0.1) is 22.7 Å². The van der Waals surface area contributed by atoms with E-state index < -0.39 is 11.8 Å². The van der Waals surface area contributed by atoms with E-state index >= 15 is 0 Å². The summed E-state index contributed by atoms with van der Waals surface area (Å²) in [5, 5.41) is 9.96. The van der Waals surface area contributed by atoms with Gasteiger partial charge in [-0.05, 0) is 24.3 Å². The minimum Gasteiger partial charge on any atom is -0.378 e. The summed E-state index contributed by atoms with van der Waals surface area (Å²) >= 11 is 3.12. The number of nitrogens with one attached hydrogen (secondary N) is 2. The van der Waals surface area contributed by atoms with E-state index in [2.05, 4.69) is 30.9 Å². The Morgan fingerprint density at radius 2 is 1.16 bits per heavy atom. The number of amides is 2. The number of hydrogen-bond acceptors (Lipinski definition) is 10. The lowest BCUT2D eigenvalue weighted by atomic mass is 10.4. The predicted octanol–water partition coefficient (Wildman–Crippen LogP) is 1.08. The molecule has 10 nitrogen and oxygen atoms in total. The number of carbonyl (C=O) groups excluding carboxylic acids is 2. The normalized spacial score (nSPS) is 17.2. The maximum atomic E-state index is 11.9. The molecular formula is C20H24N6O4S2. The van der Waals surface area contributed by atoms with E-state index in [1.54, 1.807) is 22.7 Å². The van der Waals surface area contributed by atoms with Gasteiger partial charge in [0.25, 0.3) is 0 Å². The number of hydrazone groups is 2. The summed E-state index contributed by atoms with van der Waals surface area (Å²) in [5.74, 6) is -1.77. The van der Waals surface area contributed by atoms with Crippen LogP contribution in [0.25, 0.3) is 0 Å². The van der Waals surface area contributed by atoms with Crippen molar-refractivity contribution in [1.82, 2.24) is 10.9 Å². The average molecular weight is 477 g/mol. The third-order valence-corrected chi connectivity index (χ3v) is 6.95. The fourth-order valence-electron chi connectivity index (χ4n) is 3.14. The first-order chi connectivity index (χ1) is 15.7. The molecule has 2 aromatic rings. The van der Waals surface area contributed by atoms with Crippen LogP contribution >= 0.6 is 22.7 Å². The van der Waals surface area contributed by atoms with Crippen LogP contribution in [0.2, 0.25) is 0 Å². The van der Waals surface area contributed by atoms with E-state index in [1.807, 2.05) is 24.3 Å². The van der Waals surface area contributed by atoms with Gasteiger partial charge in [-0.3, -0.25) is 9.59 Å². The van der Waals surface area contributed by atoms with E-state index in [1.165, 1.54) is 12.4 Å². The Morgan fingerprint density at radius 1 is 0.750 bits per heavy atom. The zero-order valence-corrected chi connectivity index (χ0v) is 19.0. The molecule has 0 atom stereocenters. The van der Waals surface area contributed by atoms with Crippen molar-refractivity contribution in [1.29, 1.82) is 0 Å². The van der Waals surface area contributed by atoms with Gasteiger partial charge < -0.3 is 19.3 Å². The molecule has 2 aromatic heterocycles. The zero-order valence-electron chi connectivity index (χ0n) is 17.4. The molecule has 4 rings (SSSR count). The van der Waals surface area contributed by atoms with Crippen LogP contribution in [0.4, 0.5) is 10.0 Å². The maximum absolute atomic E-state index is 11.9. The number of hydrogen-bond donors (Lipinski definition) is 2. The Balaban J connectivity index is 1.21. The molecule has 0 aliphatic carbocycles. The Hall–Kier alpha value is -2.80. The van der Waals surface area contributed by atoms with Crippen LogP contribution in [-0.2, 0) is 19.1 Å². The van der Waals surface area contributed by atoms with Crippen molar-refractivity contribution in [2.75, 3.05) is 62.4 Å². The zero-order chi connectivity index (χ0) is 22.2. The number of morpholine rings is 2. The van der Waals surface area contributed by atoms with Crippen molar-refractivity contribution < 1.29 is 19.1 Å². The second kappa shape index (κ2) is 11.2. The summed E-state index contributed by atoms with van der Waals surface area (Å²) in [6.45, 7) is 6.30. The lowest BCUT2D eigenvalue weighted by molar-refractivity contribution is -0.139. The second-order valence-electron chi connectivity index (χ2n) is 6.95. The molecule has 2 saturated heterocycles. The summed E-state index contributed by atoms with van der Waals surface area (Å²) < 4.78 is 10.7. The van der Waals surface area contributed by atoms with E-state index in [-0.39, 0.29) is 0 Å². The molecule has 0 bridgehead atoms.